The van der Waals surface area contributed by atoms with Gasteiger partial charge in [0, 0.05) is 46.9 Å². The highest BCUT2D eigenvalue weighted by Crippen LogP contribution is 2.23. The van der Waals surface area contributed by atoms with Crippen molar-refractivity contribution < 1.29 is 9.59 Å². The van der Waals surface area contributed by atoms with Gasteiger partial charge in [-0.15, -0.1) is 0 Å². The van der Waals surface area contributed by atoms with Gasteiger partial charge in [-0.25, -0.2) is 5.43 Å². The molecular weight excluding hydrogens is 340 g/mol. The zero-order valence-corrected chi connectivity index (χ0v) is 15.6. The van der Waals surface area contributed by atoms with Crippen molar-refractivity contribution in [1.29, 1.82) is 0 Å². The van der Waals surface area contributed by atoms with E-state index in [0.29, 0.717) is 17.3 Å². The van der Waals surface area contributed by atoms with Crippen molar-refractivity contribution in [3.8, 4) is 0 Å². The molecule has 6 nitrogen and oxygen atoms in total. The van der Waals surface area contributed by atoms with Gasteiger partial charge >= 0.3 is 0 Å². The molecular formula is C21H22N4O2. The number of amides is 2. The summed E-state index contributed by atoms with van der Waals surface area (Å²) in [5, 5.41) is 7.84. The maximum Gasteiger partial charge on any atom is 0.271 e. The van der Waals surface area contributed by atoms with E-state index in [2.05, 4.69) is 40.3 Å². The van der Waals surface area contributed by atoms with Crippen LogP contribution in [0.5, 0.6) is 0 Å². The fourth-order valence-corrected chi connectivity index (χ4v) is 2.93. The van der Waals surface area contributed by atoms with Crippen LogP contribution in [0.3, 0.4) is 0 Å². The lowest BCUT2D eigenvalue weighted by atomic mass is 10.2. The van der Waals surface area contributed by atoms with Gasteiger partial charge in [-0.3, -0.25) is 9.59 Å². The fourth-order valence-electron chi connectivity index (χ4n) is 2.93. The highest BCUT2D eigenvalue weighted by Gasteiger charge is 2.09. The van der Waals surface area contributed by atoms with Gasteiger partial charge in [0.05, 0.1) is 6.21 Å². The Hall–Kier alpha value is -3.41. The molecule has 0 saturated heterocycles. The Morgan fingerprint density at radius 3 is 2.63 bits per heavy atom. The first kappa shape index (κ1) is 18.4. The first-order valence-electron chi connectivity index (χ1n) is 8.76. The second kappa shape index (κ2) is 7.86. The summed E-state index contributed by atoms with van der Waals surface area (Å²) in [4.78, 5) is 23.5. The molecule has 2 aromatic carbocycles. The molecule has 6 heteroatoms. The summed E-state index contributed by atoms with van der Waals surface area (Å²) in [5.74, 6) is -0.529. The maximum absolute atomic E-state index is 12.3. The Balaban J connectivity index is 1.77. The Kier molecular flexibility index (Phi) is 5.35. The second-order valence-corrected chi connectivity index (χ2v) is 6.56. The van der Waals surface area contributed by atoms with Crippen LogP contribution < -0.4 is 10.7 Å². The summed E-state index contributed by atoms with van der Waals surface area (Å²) >= 11 is 0. The monoisotopic (exact) mass is 362 g/mol. The van der Waals surface area contributed by atoms with Crippen molar-refractivity contribution in [2.24, 2.45) is 5.10 Å². The Morgan fingerprint density at radius 1 is 1.11 bits per heavy atom. The van der Waals surface area contributed by atoms with Gasteiger partial charge in [0.25, 0.3) is 5.91 Å². The molecule has 0 saturated carbocycles. The topological polar surface area (TPSA) is 75.5 Å². The molecule has 0 aliphatic heterocycles. The zero-order chi connectivity index (χ0) is 19.4. The SMILES string of the molecule is CC(=O)Nc1cccc(C(=O)N/N=C\c2cn(C(C)C)c3ccccc23)c1. The minimum Gasteiger partial charge on any atom is -0.344 e. The fraction of sp³-hybridized carbons (Fsp3) is 0.190. The first-order valence-corrected chi connectivity index (χ1v) is 8.76. The normalized spacial score (nSPS) is 11.3. The minimum absolute atomic E-state index is 0.188. The molecule has 0 aliphatic carbocycles. The Bertz CT molecular complexity index is 1020. The van der Waals surface area contributed by atoms with Gasteiger partial charge in [-0.05, 0) is 38.1 Å². The van der Waals surface area contributed by atoms with Crippen molar-refractivity contribution in [1.82, 2.24) is 9.99 Å². The van der Waals surface area contributed by atoms with Gasteiger partial charge < -0.3 is 9.88 Å². The van der Waals surface area contributed by atoms with Crippen LogP contribution in [0.15, 0.2) is 59.8 Å². The quantitative estimate of drug-likeness (QED) is 0.533. The molecule has 138 valence electrons. The predicted molar refractivity (Wildman–Crippen MR) is 108 cm³/mol. The maximum atomic E-state index is 12.3. The summed E-state index contributed by atoms with van der Waals surface area (Å²) in [6, 6.07) is 15.1. The Morgan fingerprint density at radius 2 is 1.89 bits per heavy atom. The van der Waals surface area contributed by atoms with E-state index in [1.165, 1.54) is 6.92 Å². The number of carbonyl (C=O) groups is 2. The number of rotatable bonds is 5. The average Bonchev–Trinajstić information content (AvgIpc) is 3.00. The molecule has 0 fully saturated rings. The third-order valence-electron chi connectivity index (χ3n) is 4.14. The smallest absolute Gasteiger partial charge is 0.271 e. The number of nitrogens with zero attached hydrogens (tertiary/aromatic N) is 2. The number of hydrogen-bond acceptors (Lipinski definition) is 3. The van der Waals surface area contributed by atoms with E-state index in [1.54, 1.807) is 30.5 Å². The summed E-state index contributed by atoms with van der Waals surface area (Å²) in [6.45, 7) is 5.67. The van der Waals surface area contributed by atoms with E-state index in [0.717, 1.165) is 16.5 Å². The third-order valence-corrected chi connectivity index (χ3v) is 4.14. The largest absolute Gasteiger partial charge is 0.344 e. The second-order valence-electron chi connectivity index (χ2n) is 6.56. The van der Waals surface area contributed by atoms with Crippen molar-refractivity contribution in [2.45, 2.75) is 26.8 Å². The van der Waals surface area contributed by atoms with Gasteiger partial charge in [0.1, 0.15) is 0 Å². The molecule has 2 amide bonds. The molecule has 27 heavy (non-hydrogen) atoms. The average molecular weight is 362 g/mol. The predicted octanol–water partition coefficient (Wildman–Crippen LogP) is 3.94. The van der Waals surface area contributed by atoms with Crippen LogP contribution in [0.4, 0.5) is 5.69 Å². The molecule has 0 spiro atoms. The molecule has 2 N–H and O–H groups in total. The van der Waals surface area contributed by atoms with Gasteiger partial charge in [0.2, 0.25) is 5.91 Å². The number of nitrogens with one attached hydrogen (secondary N) is 2. The van der Waals surface area contributed by atoms with Gasteiger partial charge in [-0.1, -0.05) is 24.3 Å². The highest BCUT2D eigenvalue weighted by molar-refractivity contribution is 6.01. The van der Waals surface area contributed by atoms with Crippen LogP contribution in [-0.4, -0.2) is 22.6 Å². The lowest BCUT2D eigenvalue weighted by Gasteiger charge is -2.08. The first-order chi connectivity index (χ1) is 13.0. The van der Waals surface area contributed by atoms with Crippen molar-refractivity contribution in [2.75, 3.05) is 5.32 Å². The summed E-state index contributed by atoms with van der Waals surface area (Å²) in [6.07, 6.45) is 3.68. The minimum atomic E-state index is -0.342. The van der Waals surface area contributed by atoms with Crippen LogP contribution in [0.1, 0.15) is 42.7 Å². The van der Waals surface area contributed by atoms with Crippen molar-refractivity contribution in [3.05, 3.63) is 65.9 Å². The lowest BCUT2D eigenvalue weighted by molar-refractivity contribution is -0.114. The molecule has 0 bridgehead atoms. The van der Waals surface area contributed by atoms with Crippen molar-refractivity contribution in [3.63, 3.8) is 0 Å². The molecule has 0 radical (unpaired) electrons. The van der Waals surface area contributed by atoms with Crippen molar-refractivity contribution >= 4 is 34.6 Å². The molecule has 1 aromatic heterocycles. The standard InChI is InChI=1S/C21H22N4O2/c1-14(2)25-13-17(19-9-4-5-10-20(19)25)12-22-24-21(27)16-7-6-8-18(11-16)23-15(3)26/h4-14H,1-3H3,(H,23,26)(H,24,27)/b22-12-. The molecule has 3 rings (SSSR count). The number of carbonyl (C=O) groups excluding carboxylic acids is 2. The Labute approximate surface area is 157 Å². The van der Waals surface area contributed by atoms with E-state index in [4.69, 9.17) is 0 Å². The summed E-state index contributed by atoms with van der Waals surface area (Å²) < 4.78 is 2.18. The van der Waals surface area contributed by atoms with Gasteiger partial charge in [0.15, 0.2) is 0 Å². The van der Waals surface area contributed by atoms with Crippen LogP contribution >= 0.6 is 0 Å². The molecule has 0 unspecified atom stereocenters. The van der Waals surface area contributed by atoms with E-state index >= 15 is 0 Å². The summed E-state index contributed by atoms with van der Waals surface area (Å²) in [7, 11) is 0. The van der Waals surface area contributed by atoms with E-state index < -0.39 is 0 Å². The number of hydrogen-bond donors (Lipinski definition) is 2. The van der Waals surface area contributed by atoms with Crippen LogP contribution in [0, 0.1) is 0 Å². The van der Waals surface area contributed by atoms with E-state index in [-0.39, 0.29) is 11.8 Å². The third kappa shape index (κ3) is 4.23. The summed E-state index contributed by atoms with van der Waals surface area (Å²) in [5.41, 5.74) is 5.59. The number of aromatic nitrogens is 1. The van der Waals surface area contributed by atoms with E-state index in [9.17, 15) is 9.59 Å². The number of fused-ring (bicyclic) bond motifs is 1. The number of benzene rings is 2. The van der Waals surface area contributed by atoms with E-state index in [1.807, 2.05) is 24.4 Å². The van der Waals surface area contributed by atoms with Crippen LogP contribution in [0.25, 0.3) is 10.9 Å². The van der Waals surface area contributed by atoms with Gasteiger partial charge in [-0.2, -0.15) is 5.10 Å². The lowest BCUT2D eigenvalue weighted by Crippen LogP contribution is -2.18. The van der Waals surface area contributed by atoms with Crippen LogP contribution in [0.2, 0.25) is 0 Å². The molecule has 0 atom stereocenters. The number of para-hydroxylation sites is 1. The molecule has 1 heterocycles. The van der Waals surface area contributed by atoms with Crippen LogP contribution in [-0.2, 0) is 4.79 Å². The zero-order valence-electron chi connectivity index (χ0n) is 15.6. The number of hydrazone groups is 1. The molecule has 3 aromatic rings. The highest BCUT2D eigenvalue weighted by atomic mass is 16.2. The number of anilines is 1. The molecule has 0 aliphatic rings.